The third-order valence-corrected chi connectivity index (χ3v) is 0.998. The normalized spacial score (nSPS) is 9.20. The number of nitrogens with zero attached hydrogens (tertiary/aromatic N) is 2. The molecule has 0 aromatic carbocycles. The van der Waals surface area contributed by atoms with Crippen LogP contribution in [0.2, 0.25) is 0 Å². The molecule has 0 spiro atoms. The minimum Gasteiger partial charge on any atom is -0.351 e. The van der Waals surface area contributed by atoms with Crippen LogP contribution >= 0.6 is 0 Å². The quantitative estimate of drug-likeness (QED) is 0.496. The average Bonchev–Trinajstić information content (AvgIpc) is 1.88. The maximum atomic E-state index is 10.4. The van der Waals surface area contributed by atoms with Crippen LogP contribution in [0.5, 0.6) is 0 Å². The first-order valence-corrected chi connectivity index (χ1v) is 2.59. The lowest BCUT2D eigenvalue weighted by atomic mass is 10.6. The zero-order valence-corrected chi connectivity index (χ0v) is 5.11. The first-order chi connectivity index (χ1) is 4.72. The van der Waals surface area contributed by atoms with Crippen LogP contribution in [0.1, 0.15) is 0 Å². The zero-order valence-electron chi connectivity index (χ0n) is 5.11. The molecule has 3 N–H and O–H groups in total. The van der Waals surface area contributed by atoms with Crippen LogP contribution in [-0.4, -0.2) is 15.6 Å². The van der Waals surface area contributed by atoms with Crippen LogP contribution in [0.15, 0.2) is 18.6 Å². The van der Waals surface area contributed by atoms with Gasteiger partial charge in [0.25, 0.3) is 0 Å². The third-order valence-electron chi connectivity index (χ3n) is 0.998. The fourth-order valence-corrected chi connectivity index (χ4v) is 0.537. The van der Waals surface area contributed by atoms with E-state index in [9.17, 15) is 4.79 Å². The van der Waals surface area contributed by atoms with E-state index in [1.807, 2.05) is 0 Å². The van der Waals surface area contributed by atoms with Crippen molar-refractivity contribution in [1.29, 1.82) is 5.41 Å². The molecular formula is C5H6N4O. The van der Waals surface area contributed by atoms with E-state index in [4.69, 9.17) is 11.1 Å². The van der Waals surface area contributed by atoms with E-state index in [2.05, 4.69) is 4.98 Å². The van der Waals surface area contributed by atoms with Crippen molar-refractivity contribution in [1.82, 2.24) is 9.55 Å². The molecule has 1 amide bonds. The van der Waals surface area contributed by atoms with Gasteiger partial charge in [-0.2, -0.15) is 0 Å². The molecule has 0 atom stereocenters. The van der Waals surface area contributed by atoms with E-state index >= 15 is 0 Å². The van der Waals surface area contributed by atoms with Gasteiger partial charge in [0.15, 0.2) is 0 Å². The van der Waals surface area contributed by atoms with Gasteiger partial charge in [-0.25, -0.2) is 14.3 Å². The Morgan fingerprint density at radius 1 is 1.80 bits per heavy atom. The standard InChI is InChI=1S/C5H6N4O/c6-4-1-2-8-3-9(4)5(7)10/h1-3,6H,(H2,7,10). The Bertz CT molecular complexity index is 303. The van der Waals surface area contributed by atoms with E-state index in [1.165, 1.54) is 18.6 Å². The molecule has 0 aliphatic rings. The summed E-state index contributed by atoms with van der Waals surface area (Å²) in [6.07, 6.45) is 2.62. The molecule has 0 fully saturated rings. The molecule has 0 bridgehead atoms. The third kappa shape index (κ3) is 1.02. The van der Waals surface area contributed by atoms with Gasteiger partial charge in [-0.3, -0.25) is 5.41 Å². The molecule has 1 aromatic rings. The minimum atomic E-state index is -0.696. The maximum absolute atomic E-state index is 10.4. The van der Waals surface area contributed by atoms with Crippen molar-refractivity contribution in [2.75, 3.05) is 0 Å². The lowest BCUT2D eigenvalue weighted by Crippen LogP contribution is -2.30. The molecule has 52 valence electrons. The summed E-state index contributed by atoms with van der Waals surface area (Å²) in [7, 11) is 0. The highest BCUT2D eigenvalue weighted by Crippen LogP contribution is 1.71. The van der Waals surface area contributed by atoms with Gasteiger partial charge in [-0.05, 0) is 6.07 Å². The van der Waals surface area contributed by atoms with E-state index in [-0.39, 0.29) is 5.49 Å². The number of hydrogen-bond acceptors (Lipinski definition) is 3. The Morgan fingerprint density at radius 2 is 2.50 bits per heavy atom. The molecule has 0 saturated carbocycles. The number of amides is 1. The molecule has 0 aliphatic carbocycles. The number of nitrogens with one attached hydrogen (secondary N) is 1. The van der Waals surface area contributed by atoms with Gasteiger partial charge in [0.2, 0.25) is 0 Å². The van der Waals surface area contributed by atoms with Gasteiger partial charge in [0.05, 0.1) is 0 Å². The highest BCUT2D eigenvalue weighted by molar-refractivity contribution is 5.73. The van der Waals surface area contributed by atoms with Gasteiger partial charge < -0.3 is 5.73 Å². The Hall–Kier alpha value is -1.65. The number of primary amides is 1. The molecule has 1 rings (SSSR count). The van der Waals surface area contributed by atoms with E-state index in [1.54, 1.807) is 0 Å². The predicted molar refractivity (Wildman–Crippen MR) is 33.1 cm³/mol. The molecule has 5 heteroatoms. The van der Waals surface area contributed by atoms with Crippen molar-refractivity contribution >= 4 is 6.03 Å². The van der Waals surface area contributed by atoms with Crippen LogP contribution < -0.4 is 11.2 Å². The summed E-state index contributed by atoms with van der Waals surface area (Å²) in [4.78, 5) is 14.1. The predicted octanol–water partition coefficient (Wildman–Crippen LogP) is -0.711. The highest BCUT2D eigenvalue weighted by atomic mass is 16.2. The SMILES string of the molecule is N=c1ccncn1C(N)=O. The van der Waals surface area contributed by atoms with Gasteiger partial charge in [0.1, 0.15) is 11.8 Å². The molecule has 5 nitrogen and oxygen atoms in total. The van der Waals surface area contributed by atoms with Crippen LogP contribution in [0.3, 0.4) is 0 Å². The van der Waals surface area contributed by atoms with Crippen LogP contribution in [0, 0.1) is 5.41 Å². The molecule has 10 heavy (non-hydrogen) atoms. The van der Waals surface area contributed by atoms with Crippen molar-refractivity contribution in [3.63, 3.8) is 0 Å². The lowest BCUT2D eigenvalue weighted by Gasteiger charge is -1.96. The summed E-state index contributed by atoms with van der Waals surface area (Å²) >= 11 is 0. The van der Waals surface area contributed by atoms with E-state index < -0.39 is 6.03 Å². The number of nitrogens with two attached hydrogens (primary N) is 1. The van der Waals surface area contributed by atoms with Gasteiger partial charge in [-0.15, -0.1) is 0 Å². The second-order valence-electron chi connectivity index (χ2n) is 1.67. The average molecular weight is 138 g/mol. The summed E-state index contributed by atoms with van der Waals surface area (Å²) < 4.78 is 0.944. The molecule has 0 aliphatic heterocycles. The second-order valence-corrected chi connectivity index (χ2v) is 1.67. The zero-order chi connectivity index (χ0) is 7.56. The fraction of sp³-hybridized carbons (Fsp3) is 0. The van der Waals surface area contributed by atoms with Gasteiger partial charge in [0, 0.05) is 6.20 Å². The first-order valence-electron chi connectivity index (χ1n) is 2.59. The van der Waals surface area contributed by atoms with Gasteiger partial charge in [-0.1, -0.05) is 0 Å². The largest absolute Gasteiger partial charge is 0.351 e. The molecule has 0 saturated heterocycles. The van der Waals surface area contributed by atoms with Crippen LogP contribution in [-0.2, 0) is 0 Å². The van der Waals surface area contributed by atoms with E-state index in [0.29, 0.717) is 0 Å². The summed E-state index contributed by atoms with van der Waals surface area (Å²) in [5.74, 6) is 0. The second kappa shape index (κ2) is 2.30. The number of rotatable bonds is 0. The molecule has 1 aromatic heterocycles. The van der Waals surface area contributed by atoms with Crippen molar-refractivity contribution in [3.8, 4) is 0 Å². The number of hydrogen-bond donors (Lipinski definition) is 2. The number of carbonyl (C=O) groups is 1. The van der Waals surface area contributed by atoms with Crippen molar-refractivity contribution in [2.24, 2.45) is 5.73 Å². The Kier molecular flexibility index (Phi) is 1.49. The Balaban J connectivity index is 3.29. The minimum absolute atomic E-state index is 0.0301. The summed E-state index contributed by atoms with van der Waals surface area (Å²) in [6.45, 7) is 0. The van der Waals surface area contributed by atoms with Crippen LogP contribution in [0.25, 0.3) is 0 Å². The van der Waals surface area contributed by atoms with Crippen molar-refractivity contribution < 1.29 is 4.79 Å². The smallest absolute Gasteiger partial charge is 0.325 e. The van der Waals surface area contributed by atoms with Gasteiger partial charge >= 0.3 is 6.03 Å². The molecule has 0 unspecified atom stereocenters. The Morgan fingerprint density at radius 3 is 2.90 bits per heavy atom. The summed E-state index contributed by atoms with van der Waals surface area (Å²) in [5, 5.41) is 7.12. The van der Waals surface area contributed by atoms with Crippen LogP contribution in [0.4, 0.5) is 4.79 Å². The highest BCUT2D eigenvalue weighted by Gasteiger charge is 1.94. The maximum Gasteiger partial charge on any atom is 0.325 e. The fourth-order valence-electron chi connectivity index (χ4n) is 0.537. The topological polar surface area (TPSA) is 84.8 Å². The van der Waals surface area contributed by atoms with E-state index in [0.717, 1.165) is 4.57 Å². The first kappa shape index (κ1) is 6.47. The summed E-state index contributed by atoms with van der Waals surface area (Å²) in [5.41, 5.74) is 4.91. The molecule has 1 heterocycles. The van der Waals surface area contributed by atoms with Crippen molar-refractivity contribution in [2.45, 2.75) is 0 Å². The molecule has 0 radical (unpaired) electrons. The lowest BCUT2D eigenvalue weighted by molar-refractivity contribution is 0.249. The number of aromatic nitrogens is 2. The van der Waals surface area contributed by atoms with Crippen molar-refractivity contribution in [3.05, 3.63) is 24.1 Å². The number of carbonyl (C=O) groups excluding carboxylic acids is 1. The molecular weight excluding hydrogens is 132 g/mol. The summed E-state index contributed by atoms with van der Waals surface area (Å²) in [6, 6.07) is 0.684. The Labute approximate surface area is 56.6 Å². The monoisotopic (exact) mass is 138 g/mol.